The quantitative estimate of drug-likeness (QED) is 0.241. The van der Waals surface area contributed by atoms with Crippen LogP contribution in [-0.2, 0) is 5.54 Å². The molecule has 1 aliphatic rings. The first-order chi connectivity index (χ1) is 13.9. The SMILES string of the molecule is Cc1ccc(N2C(Cl)(Cl)C2(c2ccccc2)c2ccc(OCC(C)C)cc2)cc1. The van der Waals surface area contributed by atoms with Gasteiger partial charge >= 0.3 is 0 Å². The van der Waals surface area contributed by atoms with E-state index in [4.69, 9.17) is 27.9 Å². The molecule has 4 rings (SSSR count). The van der Waals surface area contributed by atoms with Gasteiger partial charge in [-0.3, -0.25) is 0 Å². The monoisotopic (exact) mass is 425 g/mol. The van der Waals surface area contributed by atoms with Gasteiger partial charge in [0.15, 0.2) is 0 Å². The van der Waals surface area contributed by atoms with Crippen molar-refractivity contribution in [3.05, 3.63) is 95.6 Å². The van der Waals surface area contributed by atoms with Crippen LogP contribution in [0.25, 0.3) is 0 Å². The van der Waals surface area contributed by atoms with Crippen molar-refractivity contribution >= 4 is 28.9 Å². The molecule has 1 atom stereocenters. The number of anilines is 1. The smallest absolute Gasteiger partial charge is 0.223 e. The van der Waals surface area contributed by atoms with E-state index in [1.54, 1.807) is 0 Å². The predicted molar refractivity (Wildman–Crippen MR) is 122 cm³/mol. The number of aryl methyl sites for hydroxylation is 1. The van der Waals surface area contributed by atoms with Crippen LogP contribution in [0.1, 0.15) is 30.5 Å². The van der Waals surface area contributed by atoms with Crippen LogP contribution < -0.4 is 9.64 Å². The Labute approximate surface area is 183 Å². The number of hydrogen-bond donors (Lipinski definition) is 0. The lowest BCUT2D eigenvalue weighted by Gasteiger charge is -2.20. The highest BCUT2D eigenvalue weighted by Gasteiger charge is 2.76. The van der Waals surface area contributed by atoms with E-state index in [9.17, 15) is 0 Å². The molecule has 1 unspecified atom stereocenters. The molecule has 1 heterocycles. The van der Waals surface area contributed by atoms with Gasteiger partial charge in [0.2, 0.25) is 4.46 Å². The summed E-state index contributed by atoms with van der Waals surface area (Å²) in [6, 6.07) is 26.6. The Hall–Kier alpha value is -2.16. The van der Waals surface area contributed by atoms with Crippen LogP contribution in [0.4, 0.5) is 5.69 Å². The van der Waals surface area contributed by atoms with Gasteiger partial charge in [-0.25, -0.2) is 0 Å². The highest BCUT2D eigenvalue weighted by molar-refractivity contribution is 6.54. The van der Waals surface area contributed by atoms with Crippen LogP contribution in [0.5, 0.6) is 5.75 Å². The molecule has 1 saturated heterocycles. The Bertz CT molecular complexity index is 968. The standard InChI is InChI=1S/C25H25Cl2NO/c1-18(2)17-29-23-15-11-21(12-16-23)24(20-7-5-4-6-8-20)25(26,27)28(24)22-13-9-19(3)10-14-22/h4-16,18H,17H2,1-3H3. The zero-order valence-corrected chi connectivity index (χ0v) is 18.4. The number of alkyl halides is 2. The van der Waals surface area contributed by atoms with Crippen LogP contribution in [0.3, 0.4) is 0 Å². The normalized spacial score (nSPS) is 20.0. The van der Waals surface area contributed by atoms with Crippen molar-refractivity contribution in [3.8, 4) is 5.75 Å². The van der Waals surface area contributed by atoms with Crippen molar-refractivity contribution in [2.45, 2.75) is 30.8 Å². The molecule has 0 spiro atoms. The van der Waals surface area contributed by atoms with E-state index in [2.05, 4.69) is 74.2 Å². The fraction of sp³-hybridized carbons (Fsp3) is 0.280. The zero-order valence-electron chi connectivity index (χ0n) is 16.9. The minimum absolute atomic E-state index is 0.476. The molecule has 0 aliphatic carbocycles. The fourth-order valence-electron chi connectivity index (χ4n) is 3.86. The lowest BCUT2D eigenvalue weighted by Crippen LogP contribution is -2.19. The Kier molecular flexibility index (Phi) is 5.27. The van der Waals surface area contributed by atoms with Crippen LogP contribution in [0.2, 0.25) is 0 Å². The maximum Gasteiger partial charge on any atom is 0.223 e. The van der Waals surface area contributed by atoms with E-state index in [0.29, 0.717) is 12.5 Å². The summed E-state index contributed by atoms with van der Waals surface area (Å²) in [6.45, 7) is 7.03. The van der Waals surface area contributed by atoms with Gasteiger partial charge in [-0.1, -0.05) is 97.2 Å². The summed E-state index contributed by atoms with van der Waals surface area (Å²) in [4.78, 5) is 2.07. The number of nitrogens with zero attached hydrogens (tertiary/aromatic N) is 1. The minimum Gasteiger partial charge on any atom is -0.493 e. The zero-order chi connectivity index (χ0) is 20.6. The Morgan fingerprint density at radius 3 is 2.00 bits per heavy atom. The van der Waals surface area contributed by atoms with Crippen LogP contribution >= 0.6 is 23.2 Å². The van der Waals surface area contributed by atoms with Gasteiger partial charge in [-0.2, -0.15) is 0 Å². The molecular formula is C25H25Cl2NO. The maximum absolute atomic E-state index is 6.98. The number of ether oxygens (including phenoxy) is 1. The number of rotatable bonds is 6. The average molecular weight is 426 g/mol. The van der Waals surface area contributed by atoms with E-state index in [1.165, 1.54) is 5.56 Å². The third-order valence-corrected chi connectivity index (χ3v) is 6.23. The maximum atomic E-state index is 6.98. The first kappa shape index (κ1) is 20.1. The third kappa shape index (κ3) is 3.39. The summed E-state index contributed by atoms with van der Waals surface area (Å²) in [5.74, 6) is 1.33. The Morgan fingerprint density at radius 2 is 1.41 bits per heavy atom. The second kappa shape index (κ2) is 7.59. The van der Waals surface area contributed by atoms with E-state index >= 15 is 0 Å². The van der Waals surface area contributed by atoms with Gasteiger partial charge in [0, 0.05) is 5.69 Å². The van der Waals surface area contributed by atoms with E-state index in [0.717, 1.165) is 22.6 Å². The van der Waals surface area contributed by atoms with Crippen LogP contribution in [-0.4, -0.2) is 11.1 Å². The van der Waals surface area contributed by atoms with E-state index in [-0.39, 0.29) is 0 Å². The number of benzene rings is 3. The summed E-state index contributed by atoms with van der Waals surface area (Å²) in [5, 5.41) is 0. The number of hydrogen-bond acceptors (Lipinski definition) is 2. The summed E-state index contributed by atoms with van der Waals surface area (Å²) in [6.07, 6.45) is 0. The van der Waals surface area contributed by atoms with Crippen LogP contribution in [0, 0.1) is 12.8 Å². The molecule has 150 valence electrons. The fourth-order valence-corrected chi connectivity index (χ4v) is 4.83. The van der Waals surface area contributed by atoms with Crippen LogP contribution in [0.15, 0.2) is 78.9 Å². The minimum atomic E-state index is -1.09. The second-order valence-corrected chi connectivity index (χ2v) is 9.31. The Morgan fingerprint density at radius 1 is 0.828 bits per heavy atom. The van der Waals surface area contributed by atoms with Gasteiger partial charge < -0.3 is 9.64 Å². The van der Waals surface area contributed by atoms with E-state index < -0.39 is 10.00 Å². The molecule has 0 saturated carbocycles. The molecule has 29 heavy (non-hydrogen) atoms. The lowest BCUT2D eigenvalue weighted by atomic mass is 9.90. The van der Waals surface area contributed by atoms with Crippen molar-refractivity contribution in [1.82, 2.24) is 0 Å². The molecular weight excluding hydrogens is 401 g/mol. The third-order valence-electron chi connectivity index (χ3n) is 5.34. The molecule has 3 aromatic rings. The molecule has 0 radical (unpaired) electrons. The highest BCUT2D eigenvalue weighted by Crippen LogP contribution is 2.68. The van der Waals surface area contributed by atoms with Gasteiger partial charge in [0.05, 0.1) is 6.61 Å². The topological polar surface area (TPSA) is 12.2 Å². The molecule has 4 heteroatoms. The summed E-state index contributed by atoms with van der Waals surface area (Å²) >= 11 is 14.0. The predicted octanol–water partition coefficient (Wildman–Crippen LogP) is 6.93. The molecule has 1 aliphatic heterocycles. The van der Waals surface area contributed by atoms with Gasteiger partial charge in [0.25, 0.3) is 0 Å². The molecule has 2 nitrogen and oxygen atoms in total. The Balaban J connectivity index is 1.78. The highest BCUT2D eigenvalue weighted by atomic mass is 35.5. The van der Waals surface area contributed by atoms with Gasteiger partial charge in [-0.15, -0.1) is 0 Å². The largest absolute Gasteiger partial charge is 0.493 e. The summed E-state index contributed by atoms with van der Waals surface area (Å²) in [5.41, 5.74) is 3.61. The van der Waals surface area contributed by atoms with Gasteiger partial charge in [-0.05, 0) is 48.2 Å². The molecule has 0 N–H and O–H groups in total. The average Bonchev–Trinajstić information content (AvgIpc) is 3.25. The van der Waals surface area contributed by atoms with Crippen molar-refractivity contribution in [2.75, 3.05) is 11.5 Å². The van der Waals surface area contributed by atoms with Crippen molar-refractivity contribution < 1.29 is 4.74 Å². The van der Waals surface area contributed by atoms with Gasteiger partial charge in [0.1, 0.15) is 11.3 Å². The molecule has 3 aromatic carbocycles. The molecule has 0 aromatic heterocycles. The molecule has 1 fully saturated rings. The van der Waals surface area contributed by atoms with Crippen molar-refractivity contribution in [2.24, 2.45) is 5.92 Å². The lowest BCUT2D eigenvalue weighted by molar-refractivity contribution is 0.271. The van der Waals surface area contributed by atoms with Crippen molar-refractivity contribution in [3.63, 3.8) is 0 Å². The first-order valence-corrected chi connectivity index (χ1v) is 10.7. The first-order valence-electron chi connectivity index (χ1n) is 9.91. The van der Waals surface area contributed by atoms with Crippen molar-refractivity contribution in [1.29, 1.82) is 0 Å². The number of halogens is 2. The molecule has 0 bridgehead atoms. The van der Waals surface area contributed by atoms with E-state index in [1.807, 2.05) is 30.3 Å². The second-order valence-electron chi connectivity index (χ2n) is 8.02. The summed E-state index contributed by atoms with van der Waals surface area (Å²) in [7, 11) is 0. The summed E-state index contributed by atoms with van der Waals surface area (Å²) < 4.78 is 4.76. The molecule has 0 amide bonds.